The second-order valence-corrected chi connectivity index (χ2v) is 10.6. The van der Waals surface area contributed by atoms with Gasteiger partial charge in [0.2, 0.25) is 0 Å². The molecule has 3 N–H and O–H groups in total. The summed E-state index contributed by atoms with van der Waals surface area (Å²) in [6, 6.07) is 10.3. The lowest BCUT2D eigenvalue weighted by molar-refractivity contribution is -0.0661. The van der Waals surface area contributed by atoms with Crippen LogP contribution in [0.5, 0.6) is 0 Å². The van der Waals surface area contributed by atoms with Gasteiger partial charge in [-0.3, -0.25) is 0 Å². The van der Waals surface area contributed by atoms with Gasteiger partial charge in [0.05, 0.1) is 6.10 Å². The SMILES string of the molecule is C=C1CCC2CC([C@@]3(C)CC[C@H](O)C[C@@H]3CO)CC[C@]12C.CC.CNCc1ccccc1. The van der Waals surface area contributed by atoms with E-state index in [9.17, 15) is 10.2 Å². The van der Waals surface area contributed by atoms with Crippen LogP contribution in [0, 0.1) is 28.6 Å². The molecule has 0 radical (unpaired) electrons. The molecule has 3 nitrogen and oxygen atoms in total. The second kappa shape index (κ2) is 12.3. The molecule has 2 unspecified atom stereocenters. The number of aliphatic hydroxyl groups is 2. The van der Waals surface area contributed by atoms with Gasteiger partial charge >= 0.3 is 0 Å². The average molecular weight is 444 g/mol. The Kier molecular flexibility index (Phi) is 10.4. The van der Waals surface area contributed by atoms with Crippen LogP contribution < -0.4 is 5.32 Å². The van der Waals surface area contributed by atoms with Crippen LogP contribution in [0.15, 0.2) is 42.5 Å². The van der Waals surface area contributed by atoms with E-state index in [2.05, 4.69) is 37.9 Å². The van der Waals surface area contributed by atoms with Crippen LogP contribution in [-0.2, 0) is 6.54 Å². The van der Waals surface area contributed by atoms with Crippen molar-refractivity contribution < 1.29 is 10.2 Å². The number of aliphatic hydroxyl groups excluding tert-OH is 2. The Morgan fingerprint density at radius 1 is 1.00 bits per heavy atom. The highest BCUT2D eigenvalue weighted by Gasteiger charge is 2.51. The molecule has 182 valence electrons. The summed E-state index contributed by atoms with van der Waals surface area (Å²) >= 11 is 0. The molecule has 0 saturated heterocycles. The van der Waals surface area contributed by atoms with E-state index in [0.29, 0.717) is 11.3 Å². The lowest BCUT2D eigenvalue weighted by Gasteiger charge is -2.52. The molecule has 0 amide bonds. The molecule has 0 spiro atoms. The number of fused-ring (bicyclic) bond motifs is 1. The van der Waals surface area contributed by atoms with Gasteiger partial charge in [-0.25, -0.2) is 0 Å². The molecule has 3 fully saturated rings. The summed E-state index contributed by atoms with van der Waals surface area (Å²) in [4.78, 5) is 0. The van der Waals surface area contributed by atoms with Crippen LogP contribution in [-0.4, -0.2) is 30.0 Å². The zero-order chi connectivity index (χ0) is 23.8. The maximum absolute atomic E-state index is 9.94. The Morgan fingerprint density at radius 2 is 1.69 bits per heavy atom. The zero-order valence-corrected chi connectivity index (χ0v) is 21.4. The van der Waals surface area contributed by atoms with Gasteiger partial charge in [-0.2, -0.15) is 0 Å². The molecular formula is C29H49NO2. The topological polar surface area (TPSA) is 52.5 Å². The minimum absolute atomic E-state index is 0.199. The number of benzene rings is 1. The molecule has 0 aliphatic heterocycles. The maximum Gasteiger partial charge on any atom is 0.0544 e. The number of hydrogen-bond donors (Lipinski definition) is 3. The van der Waals surface area contributed by atoms with Crippen molar-refractivity contribution in [2.24, 2.45) is 28.6 Å². The highest BCUT2D eigenvalue weighted by Crippen LogP contribution is 2.61. The fourth-order valence-corrected chi connectivity index (χ4v) is 6.55. The molecule has 0 bridgehead atoms. The quantitative estimate of drug-likeness (QED) is 0.475. The van der Waals surface area contributed by atoms with Gasteiger partial charge in [0.15, 0.2) is 0 Å². The van der Waals surface area contributed by atoms with Gasteiger partial charge in [0, 0.05) is 13.2 Å². The van der Waals surface area contributed by atoms with E-state index in [-0.39, 0.29) is 24.0 Å². The van der Waals surface area contributed by atoms with Crippen molar-refractivity contribution in [3.63, 3.8) is 0 Å². The van der Waals surface area contributed by atoms with Crippen LogP contribution in [0.3, 0.4) is 0 Å². The largest absolute Gasteiger partial charge is 0.396 e. The van der Waals surface area contributed by atoms with Gasteiger partial charge in [0.25, 0.3) is 0 Å². The third-order valence-corrected chi connectivity index (χ3v) is 8.97. The number of rotatable bonds is 4. The third kappa shape index (κ3) is 6.04. The Hall–Kier alpha value is -1.16. The van der Waals surface area contributed by atoms with Crippen LogP contribution >= 0.6 is 0 Å². The molecule has 3 aliphatic rings. The lowest BCUT2D eigenvalue weighted by Crippen LogP contribution is -2.46. The summed E-state index contributed by atoms with van der Waals surface area (Å²) in [7, 11) is 1.95. The summed E-state index contributed by atoms with van der Waals surface area (Å²) < 4.78 is 0. The van der Waals surface area contributed by atoms with Crippen molar-refractivity contribution in [2.75, 3.05) is 13.7 Å². The van der Waals surface area contributed by atoms with Gasteiger partial charge in [0.1, 0.15) is 0 Å². The number of allylic oxidation sites excluding steroid dienone is 1. The first-order valence-corrected chi connectivity index (χ1v) is 13.0. The minimum Gasteiger partial charge on any atom is -0.396 e. The third-order valence-electron chi connectivity index (χ3n) is 8.97. The van der Waals surface area contributed by atoms with E-state index < -0.39 is 0 Å². The Balaban J connectivity index is 0.000000277. The molecule has 1 aromatic carbocycles. The highest BCUT2D eigenvalue weighted by atomic mass is 16.3. The molecule has 3 heteroatoms. The van der Waals surface area contributed by atoms with Crippen LogP contribution in [0.2, 0.25) is 0 Å². The first-order chi connectivity index (χ1) is 15.3. The Bertz CT molecular complexity index is 690. The number of nitrogens with one attached hydrogen (secondary N) is 1. The highest BCUT2D eigenvalue weighted by molar-refractivity contribution is 5.19. The van der Waals surface area contributed by atoms with Crippen molar-refractivity contribution in [2.45, 2.75) is 91.7 Å². The average Bonchev–Trinajstić information content (AvgIpc) is 3.12. The smallest absolute Gasteiger partial charge is 0.0544 e. The molecule has 3 aliphatic carbocycles. The van der Waals surface area contributed by atoms with Crippen LogP contribution in [0.4, 0.5) is 0 Å². The predicted molar refractivity (Wildman–Crippen MR) is 136 cm³/mol. The predicted octanol–water partition coefficient (Wildman–Crippen LogP) is 6.35. The molecule has 6 atom stereocenters. The first-order valence-electron chi connectivity index (χ1n) is 13.0. The zero-order valence-electron chi connectivity index (χ0n) is 21.4. The molecule has 0 heterocycles. The minimum atomic E-state index is -0.199. The first kappa shape index (κ1) is 27.1. The second-order valence-electron chi connectivity index (χ2n) is 10.6. The van der Waals surface area contributed by atoms with E-state index in [1.54, 1.807) is 0 Å². The molecular weight excluding hydrogens is 394 g/mol. The van der Waals surface area contributed by atoms with Crippen LogP contribution in [0.25, 0.3) is 0 Å². The molecule has 4 rings (SSSR count). The number of hydrogen-bond acceptors (Lipinski definition) is 3. The van der Waals surface area contributed by atoms with Gasteiger partial charge in [-0.1, -0.05) is 70.2 Å². The lowest BCUT2D eigenvalue weighted by atomic mass is 9.53. The van der Waals surface area contributed by atoms with Crippen molar-refractivity contribution in [3.8, 4) is 0 Å². The fraction of sp³-hybridized carbons (Fsp3) is 0.724. The van der Waals surface area contributed by atoms with Gasteiger partial charge in [-0.05, 0) is 92.6 Å². The summed E-state index contributed by atoms with van der Waals surface area (Å²) in [6.45, 7) is 14.3. The monoisotopic (exact) mass is 443 g/mol. The Labute approximate surface area is 197 Å². The fourth-order valence-electron chi connectivity index (χ4n) is 6.55. The molecule has 0 aromatic heterocycles. The van der Waals surface area contributed by atoms with E-state index in [1.807, 2.05) is 39.1 Å². The van der Waals surface area contributed by atoms with Crippen molar-refractivity contribution in [3.05, 3.63) is 48.0 Å². The van der Waals surface area contributed by atoms with E-state index in [4.69, 9.17) is 0 Å². The summed E-state index contributed by atoms with van der Waals surface area (Å²) in [6.07, 6.45) is 8.96. The normalized spacial score (nSPS) is 36.3. The van der Waals surface area contributed by atoms with Crippen molar-refractivity contribution in [1.82, 2.24) is 5.32 Å². The molecule has 3 saturated carbocycles. The molecule has 32 heavy (non-hydrogen) atoms. The van der Waals surface area contributed by atoms with Crippen LogP contribution in [0.1, 0.15) is 84.6 Å². The van der Waals surface area contributed by atoms with Crippen molar-refractivity contribution in [1.29, 1.82) is 0 Å². The van der Waals surface area contributed by atoms with Gasteiger partial charge < -0.3 is 15.5 Å². The van der Waals surface area contributed by atoms with Crippen molar-refractivity contribution >= 4 is 0 Å². The molecule has 1 aromatic rings. The maximum atomic E-state index is 9.94. The van der Waals surface area contributed by atoms with Gasteiger partial charge in [-0.15, -0.1) is 0 Å². The Morgan fingerprint density at radius 3 is 2.31 bits per heavy atom. The van der Waals surface area contributed by atoms with E-state index in [1.165, 1.54) is 43.2 Å². The van der Waals surface area contributed by atoms with E-state index >= 15 is 0 Å². The standard InChI is InChI=1S/C19H32O2.C8H11N.C2H6/c1-13-4-5-14-10-15(6-8-18(13,14)2)19(3)9-7-17(21)11-16(19)12-20;1-9-7-8-5-3-2-4-6-8;1-2/h14-17,20-21H,1,4-12H2,2-3H3;2-6,9H,7H2,1H3;1-2H3/t14?,15?,16-,17+,18-,19-;;/m1../s1. The summed E-state index contributed by atoms with van der Waals surface area (Å²) in [5, 5.41) is 22.9. The summed E-state index contributed by atoms with van der Waals surface area (Å²) in [5.74, 6) is 1.79. The van der Waals surface area contributed by atoms with E-state index in [0.717, 1.165) is 31.7 Å². The summed E-state index contributed by atoms with van der Waals surface area (Å²) in [5.41, 5.74) is 3.42.